The molecule has 11 nitrogen and oxygen atoms in total. The molecule has 3 aromatic rings. The van der Waals surface area contributed by atoms with Gasteiger partial charge >= 0.3 is 12.3 Å². The topological polar surface area (TPSA) is 129 Å². The van der Waals surface area contributed by atoms with Crippen LogP contribution in [0, 0.1) is 0 Å². The molecule has 0 aliphatic carbocycles. The summed E-state index contributed by atoms with van der Waals surface area (Å²) in [5, 5.41) is 8.29. The second kappa shape index (κ2) is 9.43. The zero-order valence-electron chi connectivity index (χ0n) is 18.8. The number of hydrogen-bond donors (Lipinski definition) is 2. The van der Waals surface area contributed by atoms with E-state index < -0.39 is 30.3 Å². The van der Waals surface area contributed by atoms with E-state index in [1.807, 2.05) is 24.3 Å². The van der Waals surface area contributed by atoms with E-state index in [4.69, 9.17) is 4.74 Å². The Morgan fingerprint density at radius 1 is 1.19 bits per heavy atom. The zero-order chi connectivity index (χ0) is 25.3. The number of anilines is 3. The van der Waals surface area contributed by atoms with Crippen LogP contribution < -0.4 is 15.1 Å². The van der Waals surface area contributed by atoms with Crippen LogP contribution >= 0.6 is 0 Å². The van der Waals surface area contributed by atoms with Crippen molar-refractivity contribution in [3.05, 3.63) is 53.6 Å². The molecule has 0 radical (unpaired) electrons. The molecule has 2 aromatic heterocycles. The lowest BCUT2D eigenvalue weighted by Crippen LogP contribution is -2.49. The molecule has 2 aliphatic rings. The Bertz CT molecular complexity index is 1260. The van der Waals surface area contributed by atoms with Crippen LogP contribution in [0.2, 0.25) is 0 Å². The fourth-order valence-electron chi connectivity index (χ4n) is 4.38. The van der Waals surface area contributed by atoms with Crippen molar-refractivity contribution < 1.29 is 27.5 Å². The summed E-state index contributed by atoms with van der Waals surface area (Å²) in [5.74, 6) is -0.779. The Balaban J connectivity index is 1.30. The number of para-hydroxylation sites is 1. The Kier molecular flexibility index (Phi) is 6.16. The van der Waals surface area contributed by atoms with E-state index in [2.05, 4.69) is 30.5 Å². The van der Waals surface area contributed by atoms with Gasteiger partial charge in [0.05, 0.1) is 12.1 Å². The van der Waals surface area contributed by atoms with E-state index in [0.29, 0.717) is 25.9 Å². The molecule has 0 bridgehead atoms. The first kappa shape index (κ1) is 23.5. The minimum atomic E-state index is -4.78. The maximum Gasteiger partial charge on any atom is 0.433 e. The smallest absolute Gasteiger partial charge is 0.433 e. The molecule has 0 spiro atoms. The number of benzene rings is 1. The molecule has 2 N–H and O–H groups in total. The number of piperidine rings is 1. The molecule has 2 amide bonds. The zero-order valence-corrected chi connectivity index (χ0v) is 18.8. The third-order valence-electron chi connectivity index (χ3n) is 6.06. The third kappa shape index (κ3) is 4.78. The Labute approximate surface area is 202 Å². The molecule has 4 heterocycles. The van der Waals surface area contributed by atoms with Gasteiger partial charge in [0.1, 0.15) is 12.9 Å². The molecular formula is C22H21F3N8O3. The number of amides is 2. The number of cyclic esters (lactones) is 1. The molecule has 1 saturated heterocycles. The van der Waals surface area contributed by atoms with Crippen molar-refractivity contribution in [3.8, 4) is 0 Å². The van der Waals surface area contributed by atoms with E-state index in [1.54, 1.807) is 9.80 Å². The number of carbonyl (C=O) groups excluding carboxylic acids is 2. The largest absolute Gasteiger partial charge is 0.444 e. The van der Waals surface area contributed by atoms with E-state index in [9.17, 15) is 22.8 Å². The first-order valence-electron chi connectivity index (χ1n) is 11.2. The van der Waals surface area contributed by atoms with Crippen molar-refractivity contribution in [2.45, 2.75) is 38.1 Å². The molecule has 5 rings (SSSR count). The molecule has 14 heteroatoms. The van der Waals surface area contributed by atoms with Gasteiger partial charge in [-0.2, -0.15) is 23.3 Å². The molecule has 0 saturated carbocycles. The Hall–Kier alpha value is -4.23. The van der Waals surface area contributed by atoms with Gasteiger partial charge in [-0.25, -0.2) is 19.9 Å². The van der Waals surface area contributed by atoms with E-state index >= 15 is 0 Å². The number of aromatic amines is 1. The first-order chi connectivity index (χ1) is 17.3. The van der Waals surface area contributed by atoms with Crippen LogP contribution in [0.25, 0.3) is 0 Å². The van der Waals surface area contributed by atoms with Gasteiger partial charge in [0.2, 0.25) is 17.8 Å². The van der Waals surface area contributed by atoms with Crippen molar-refractivity contribution in [1.82, 2.24) is 25.1 Å². The summed E-state index contributed by atoms with van der Waals surface area (Å²) in [7, 11) is 0. The maximum absolute atomic E-state index is 13.8. The van der Waals surface area contributed by atoms with Gasteiger partial charge in [0.25, 0.3) is 0 Å². The molecule has 0 atom stereocenters. The van der Waals surface area contributed by atoms with Gasteiger partial charge in [-0.1, -0.05) is 18.2 Å². The predicted octanol–water partition coefficient (Wildman–Crippen LogP) is 2.92. The lowest BCUT2D eigenvalue weighted by atomic mass is 10.0. The number of carbonyl (C=O) groups is 2. The molecule has 36 heavy (non-hydrogen) atoms. The van der Waals surface area contributed by atoms with Gasteiger partial charge in [-0.05, 0) is 18.9 Å². The van der Waals surface area contributed by atoms with Crippen LogP contribution in [0.5, 0.6) is 0 Å². The summed E-state index contributed by atoms with van der Waals surface area (Å²) in [4.78, 5) is 39.5. The summed E-state index contributed by atoms with van der Waals surface area (Å²) in [6.45, 7) is 0.902. The highest BCUT2D eigenvalue weighted by Crippen LogP contribution is 2.34. The van der Waals surface area contributed by atoms with Gasteiger partial charge in [-0.3, -0.25) is 15.0 Å². The van der Waals surface area contributed by atoms with Crippen LogP contribution in [0.4, 0.5) is 35.5 Å². The monoisotopic (exact) mass is 502 g/mol. The number of aromatic nitrogens is 5. The first-order valence-corrected chi connectivity index (χ1v) is 11.2. The van der Waals surface area contributed by atoms with Gasteiger partial charge in [-0.15, -0.1) is 0 Å². The highest BCUT2D eigenvalue weighted by atomic mass is 19.4. The molecule has 188 valence electrons. The number of H-pyrrole nitrogens is 1. The number of fused-ring (bicyclic) bond motifs is 1. The molecular weight excluding hydrogens is 481 g/mol. The SMILES string of the molecule is O=C(Cc1cnc(N2CCC(N3C(=O)OCc4ccccc43)CC2)nc1C(F)(F)F)Nc1ncn[nH]1. The van der Waals surface area contributed by atoms with Gasteiger partial charge < -0.3 is 9.64 Å². The van der Waals surface area contributed by atoms with Crippen LogP contribution in [-0.4, -0.2) is 56.3 Å². The third-order valence-corrected chi connectivity index (χ3v) is 6.06. The molecule has 1 fully saturated rings. The van der Waals surface area contributed by atoms with Crippen molar-refractivity contribution in [1.29, 1.82) is 0 Å². The lowest BCUT2D eigenvalue weighted by molar-refractivity contribution is -0.141. The standard InChI is InChI=1S/C22H21F3N8O3/c23-22(24,25)18-14(9-17(34)29-19-27-12-28-31-19)10-26-20(30-18)32-7-5-15(6-8-32)33-16-4-2-1-3-13(16)11-36-21(33)35/h1-4,10,12,15H,5-9,11H2,(H2,27,28,29,31,34). The van der Waals surface area contributed by atoms with E-state index in [1.165, 1.54) is 0 Å². The molecule has 1 aromatic carbocycles. The number of nitrogens with zero attached hydrogens (tertiary/aromatic N) is 6. The number of rotatable bonds is 5. The number of nitrogens with one attached hydrogen (secondary N) is 2. The summed E-state index contributed by atoms with van der Waals surface area (Å²) in [6.07, 6.45) is -2.63. The predicted molar refractivity (Wildman–Crippen MR) is 120 cm³/mol. The fraction of sp³-hybridized carbons (Fsp3) is 0.364. The number of halogens is 3. The summed E-state index contributed by atoms with van der Waals surface area (Å²) in [6, 6.07) is 7.30. The molecule has 0 unspecified atom stereocenters. The lowest BCUT2D eigenvalue weighted by Gasteiger charge is -2.40. The second-order valence-electron chi connectivity index (χ2n) is 8.37. The summed E-state index contributed by atoms with van der Waals surface area (Å²) < 4.78 is 46.6. The highest BCUT2D eigenvalue weighted by Gasteiger charge is 2.38. The number of ether oxygens (including phenoxy) is 1. The minimum Gasteiger partial charge on any atom is -0.444 e. The fourth-order valence-corrected chi connectivity index (χ4v) is 4.38. The van der Waals surface area contributed by atoms with Crippen molar-refractivity contribution >= 4 is 29.6 Å². The Morgan fingerprint density at radius 3 is 2.69 bits per heavy atom. The van der Waals surface area contributed by atoms with Crippen molar-refractivity contribution in [2.75, 3.05) is 28.2 Å². The van der Waals surface area contributed by atoms with Crippen LogP contribution in [0.1, 0.15) is 29.7 Å². The van der Waals surface area contributed by atoms with Crippen LogP contribution in [0.15, 0.2) is 36.8 Å². The van der Waals surface area contributed by atoms with Crippen LogP contribution in [-0.2, 0) is 28.7 Å². The van der Waals surface area contributed by atoms with Gasteiger partial charge in [0.15, 0.2) is 5.69 Å². The summed E-state index contributed by atoms with van der Waals surface area (Å²) >= 11 is 0. The van der Waals surface area contributed by atoms with Crippen LogP contribution in [0.3, 0.4) is 0 Å². The van der Waals surface area contributed by atoms with E-state index in [0.717, 1.165) is 23.8 Å². The normalized spacial score (nSPS) is 16.5. The van der Waals surface area contributed by atoms with Gasteiger partial charge in [0, 0.05) is 36.5 Å². The second-order valence-corrected chi connectivity index (χ2v) is 8.37. The Morgan fingerprint density at radius 2 is 1.97 bits per heavy atom. The number of hydrogen-bond acceptors (Lipinski definition) is 8. The maximum atomic E-state index is 13.8. The quantitative estimate of drug-likeness (QED) is 0.545. The average Bonchev–Trinajstić information content (AvgIpc) is 3.37. The molecule has 2 aliphatic heterocycles. The minimum absolute atomic E-state index is 0.0224. The van der Waals surface area contributed by atoms with Crippen molar-refractivity contribution in [2.24, 2.45) is 0 Å². The summed E-state index contributed by atoms with van der Waals surface area (Å²) in [5.41, 5.74) is 0.165. The average molecular weight is 502 g/mol. The number of alkyl halides is 3. The highest BCUT2D eigenvalue weighted by molar-refractivity contribution is 5.91. The van der Waals surface area contributed by atoms with Crippen molar-refractivity contribution in [3.63, 3.8) is 0 Å². The van der Waals surface area contributed by atoms with E-state index in [-0.39, 0.29) is 30.1 Å².